The lowest BCUT2D eigenvalue weighted by Crippen LogP contribution is -2.18. The standard InChI is InChI=1S/C14H18ClN/c1-14(7-8-14)13-10(3-2-4-12(13)15)9-16-11-5-6-11/h2-4,11,16H,5-9H2,1H3. The highest BCUT2D eigenvalue weighted by molar-refractivity contribution is 6.31. The van der Waals surface area contributed by atoms with E-state index in [0.29, 0.717) is 5.41 Å². The highest BCUT2D eigenvalue weighted by Gasteiger charge is 2.42. The van der Waals surface area contributed by atoms with Gasteiger partial charge in [0.05, 0.1) is 0 Å². The van der Waals surface area contributed by atoms with Crippen LogP contribution in [0.5, 0.6) is 0 Å². The minimum Gasteiger partial charge on any atom is -0.310 e. The molecular weight excluding hydrogens is 218 g/mol. The zero-order chi connectivity index (χ0) is 11.2. The first kappa shape index (κ1) is 10.6. The van der Waals surface area contributed by atoms with Crippen molar-refractivity contribution >= 4 is 11.6 Å². The van der Waals surface area contributed by atoms with Gasteiger partial charge < -0.3 is 5.32 Å². The first-order chi connectivity index (χ1) is 7.69. The van der Waals surface area contributed by atoms with Crippen LogP contribution in [0, 0.1) is 0 Å². The fourth-order valence-electron chi connectivity index (χ4n) is 2.37. The third-order valence-electron chi connectivity index (χ3n) is 3.86. The predicted molar refractivity (Wildman–Crippen MR) is 67.9 cm³/mol. The van der Waals surface area contributed by atoms with Crippen molar-refractivity contribution in [1.82, 2.24) is 5.32 Å². The first-order valence-corrected chi connectivity index (χ1v) is 6.58. The van der Waals surface area contributed by atoms with Gasteiger partial charge in [0.1, 0.15) is 0 Å². The van der Waals surface area contributed by atoms with Gasteiger partial charge in [0.2, 0.25) is 0 Å². The van der Waals surface area contributed by atoms with Gasteiger partial charge in [-0.15, -0.1) is 0 Å². The van der Waals surface area contributed by atoms with Crippen LogP contribution in [-0.2, 0) is 12.0 Å². The van der Waals surface area contributed by atoms with E-state index in [4.69, 9.17) is 11.6 Å². The zero-order valence-corrected chi connectivity index (χ0v) is 10.5. The second-order valence-corrected chi connectivity index (χ2v) is 5.90. The fraction of sp³-hybridized carbons (Fsp3) is 0.571. The summed E-state index contributed by atoms with van der Waals surface area (Å²) in [6.07, 6.45) is 5.25. The van der Waals surface area contributed by atoms with Crippen LogP contribution >= 0.6 is 11.6 Å². The smallest absolute Gasteiger partial charge is 0.0446 e. The molecule has 0 aromatic heterocycles. The second kappa shape index (κ2) is 3.75. The highest BCUT2D eigenvalue weighted by Crippen LogP contribution is 2.51. The van der Waals surface area contributed by atoms with E-state index in [1.807, 2.05) is 6.07 Å². The van der Waals surface area contributed by atoms with E-state index in [0.717, 1.165) is 17.6 Å². The average Bonchev–Trinajstić information content (AvgIpc) is 3.12. The van der Waals surface area contributed by atoms with Gasteiger partial charge in [-0.05, 0) is 48.3 Å². The first-order valence-electron chi connectivity index (χ1n) is 6.20. The lowest BCUT2D eigenvalue weighted by atomic mass is 9.93. The maximum Gasteiger partial charge on any atom is 0.0446 e. The maximum absolute atomic E-state index is 6.36. The molecule has 0 spiro atoms. The molecule has 0 unspecified atom stereocenters. The van der Waals surface area contributed by atoms with E-state index in [1.165, 1.54) is 36.8 Å². The minimum absolute atomic E-state index is 0.360. The molecule has 0 heterocycles. The largest absolute Gasteiger partial charge is 0.310 e. The summed E-state index contributed by atoms with van der Waals surface area (Å²) < 4.78 is 0. The Morgan fingerprint density at radius 2 is 2.12 bits per heavy atom. The number of hydrogen-bond acceptors (Lipinski definition) is 1. The molecule has 1 N–H and O–H groups in total. The molecular formula is C14H18ClN. The van der Waals surface area contributed by atoms with Crippen LogP contribution < -0.4 is 5.32 Å². The van der Waals surface area contributed by atoms with Crippen molar-refractivity contribution < 1.29 is 0 Å². The van der Waals surface area contributed by atoms with Crippen LogP contribution in [0.25, 0.3) is 0 Å². The van der Waals surface area contributed by atoms with Crippen molar-refractivity contribution in [3.05, 3.63) is 34.3 Å². The van der Waals surface area contributed by atoms with Crippen LogP contribution in [0.3, 0.4) is 0 Å². The molecule has 2 heteroatoms. The maximum atomic E-state index is 6.36. The summed E-state index contributed by atoms with van der Waals surface area (Å²) in [4.78, 5) is 0. The number of nitrogens with one attached hydrogen (secondary N) is 1. The van der Waals surface area contributed by atoms with Gasteiger partial charge in [0.15, 0.2) is 0 Å². The van der Waals surface area contributed by atoms with E-state index in [9.17, 15) is 0 Å². The van der Waals surface area contributed by atoms with Gasteiger partial charge in [-0.3, -0.25) is 0 Å². The Morgan fingerprint density at radius 3 is 2.75 bits per heavy atom. The Balaban J connectivity index is 1.86. The zero-order valence-electron chi connectivity index (χ0n) is 9.72. The van der Waals surface area contributed by atoms with Gasteiger partial charge in [0.25, 0.3) is 0 Å². The van der Waals surface area contributed by atoms with Gasteiger partial charge in [-0.2, -0.15) is 0 Å². The SMILES string of the molecule is CC1(c2c(Cl)cccc2CNC2CC2)CC1. The van der Waals surface area contributed by atoms with E-state index in [2.05, 4.69) is 24.4 Å². The molecule has 1 aromatic carbocycles. The van der Waals surface area contributed by atoms with Crippen molar-refractivity contribution in [1.29, 1.82) is 0 Å². The fourth-order valence-corrected chi connectivity index (χ4v) is 2.79. The number of hydrogen-bond donors (Lipinski definition) is 1. The third-order valence-corrected chi connectivity index (χ3v) is 4.18. The van der Waals surface area contributed by atoms with Gasteiger partial charge >= 0.3 is 0 Å². The van der Waals surface area contributed by atoms with Crippen molar-refractivity contribution in [3.63, 3.8) is 0 Å². The van der Waals surface area contributed by atoms with Crippen LogP contribution in [0.1, 0.15) is 43.7 Å². The molecule has 0 amide bonds. The van der Waals surface area contributed by atoms with Gasteiger partial charge in [0, 0.05) is 17.6 Å². The molecule has 2 aliphatic rings. The summed E-state index contributed by atoms with van der Waals surface area (Å²) in [5, 5.41) is 4.54. The molecule has 1 aromatic rings. The number of benzene rings is 1. The van der Waals surface area contributed by atoms with E-state index >= 15 is 0 Å². The Bertz CT molecular complexity index is 405. The van der Waals surface area contributed by atoms with Crippen LogP contribution in [0.15, 0.2) is 18.2 Å². The van der Waals surface area contributed by atoms with E-state index in [1.54, 1.807) is 0 Å². The van der Waals surface area contributed by atoms with E-state index in [-0.39, 0.29) is 0 Å². The van der Waals surface area contributed by atoms with E-state index < -0.39 is 0 Å². The van der Waals surface area contributed by atoms with Crippen molar-refractivity contribution in [3.8, 4) is 0 Å². The monoisotopic (exact) mass is 235 g/mol. The molecule has 86 valence electrons. The second-order valence-electron chi connectivity index (χ2n) is 5.49. The van der Waals surface area contributed by atoms with Gasteiger partial charge in [-0.1, -0.05) is 30.7 Å². The third kappa shape index (κ3) is 1.99. The summed E-state index contributed by atoms with van der Waals surface area (Å²) in [5.41, 5.74) is 3.16. The summed E-state index contributed by atoms with van der Waals surface area (Å²) in [7, 11) is 0. The normalized spacial score (nSPS) is 22.1. The van der Waals surface area contributed by atoms with Crippen molar-refractivity contribution in [2.75, 3.05) is 0 Å². The molecule has 16 heavy (non-hydrogen) atoms. The molecule has 0 bridgehead atoms. The van der Waals surface area contributed by atoms with Crippen LogP contribution in [0.4, 0.5) is 0 Å². The number of halogens is 1. The minimum atomic E-state index is 0.360. The Hall–Kier alpha value is -0.530. The predicted octanol–water partition coefficient (Wildman–Crippen LogP) is 3.64. The molecule has 3 rings (SSSR count). The molecule has 2 saturated carbocycles. The Morgan fingerprint density at radius 1 is 1.38 bits per heavy atom. The van der Waals surface area contributed by atoms with Gasteiger partial charge in [-0.25, -0.2) is 0 Å². The molecule has 1 nitrogen and oxygen atoms in total. The van der Waals surface area contributed by atoms with Crippen LogP contribution in [-0.4, -0.2) is 6.04 Å². The quantitative estimate of drug-likeness (QED) is 0.840. The van der Waals surface area contributed by atoms with Crippen molar-refractivity contribution in [2.45, 2.75) is 50.6 Å². The molecule has 2 fully saturated rings. The summed E-state index contributed by atoms with van der Waals surface area (Å²) >= 11 is 6.36. The molecule has 0 aliphatic heterocycles. The average molecular weight is 236 g/mol. The van der Waals surface area contributed by atoms with Crippen molar-refractivity contribution in [2.24, 2.45) is 0 Å². The molecule has 0 saturated heterocycles. The molecule has 0 atom stereocenters. The molecule has 0 radical (unpaired) electrons. The Kier molecular flexibility index (Phi) is 2.49. The molecule has 2 aliphatic carbocycles. The Labute approximate surface area is 102 Å². The lowest BCUT2D eigenvalue weighted by Gasteiger charge is -2.17. The summed E-state index contributed by atoms with van der Waals surface area (Å²) in [6, 6.07) is 7.08. The van der Waals surface area contributed by atoms with Crippen LogP contribution in [0.2, 0.25) is 5.02 Å². The highest BCUT2D eigenvalue weighted by atomic mass is 35.5. The number of rotatable bonds is 4. The lowest BCUT2D eigenvalue weighted by molar-refractivity contribution is 0.668. The summed E-state index contributed by atoms with van der Waals surface area (Å²) in [6.45, 7) is 3.31. The summed E-state index contributed by atoms with van der Waals surface area (Å²) in [5.74, 6) is 0. The topological polar surface area (TPSA) is 12.0 Å².